The van der Waals surface area contributed by atoms with Gasteiger partial charge in [-0.2, -0.15) is 0 Å². The molecule has 24 heavy (non-hydrogen) atoms. The second kappa shape index (κ2) is 8.11. The summed E-state index contributed by atoms with van der Waals surface area (Å²) in [5.74, 6) is 0. The Morgan fingerprint density at radius 1 is 1.08 bits per heavy atom. The third-order valence-corrected chi connectivity index (χ3v) is 6.94. The molecule has 0 spiro atoms. The molecule has 0 aromatic heterocycles. The van der Waals surface area contributed by atoms with Crippen LogP contribution in [-0.2, 0) is 20.0 Å². The molecular weight excluding hydrogens is 374 g/mol. The Morgan fingerprint density at radius 3 is 2.08 bits per heavy atom. The van der Waals surface area contributed by atoms with E-state index in [0.29, 0.717) is 6.54 Å². The maximum atomic E-state index is 12.4. The minimum Gasteiger partial charge on any atom is -0.316 e. The van der Waals surface area contributed by atoms with Crippen molar-refractivity contribution in [3.8, 4) is 0 Å². The number of piperidine rings is 1. The van der Waals surface area contributed by atoms with Gasteiger partial charge in [-0.05, 0) is 56.1 Å². The average molecular weight is 398 g/mol. The summed E-state index contributed by atoms with van der Waals surface area (Å²) in [5.41, 5.74) is -0.110. The lowest BCUT2D eigenvalue weighted by atomic mass is 9.83. The smallest absolute Gasteiger partial charge is 0.240 e. The van der Waals surface area contributed by atoms with Gasteiger partial charge in [-0.25, -0.2) is 26.3 Å². The molecule has 1 unspecified atom stereocenters. The van der Waals surface area contributed by atoms with E-state index in [0.717, 1.165) is 25.9 Å². The molecule has 1 aliphatic rings. The van der Waals surface area contributed by atoms with Gasteiger partial charge in [-0.3, -0.25) is 0 Å². The van der Waals surface area contributed by atoms with Crippen LogP contribution in [0.1, 0.15) is 19.8 Å². The van der Waals surface area contributed by atoms with Gasteiger partial charge >= 0.3 is 0 Å². The van der Waals surface area contributed by atoms with Gasteiger partial charge in [0.2, 0.25) is 20.0 Å². The maximum Gasteiger partial charge on any atom is 0.240 e. The highest BCUT2D eigenvalue weighted by Crippen LogP contribution is 2.25. The lowest BCUT2D eigenvalue weighted by Gasteiger charge is -2.34. The second-order valence-electron chi connectivity index (χ2n) is 6.09. The molecule has 10 heteroatoms. The lowest BCUT2D eigenvalue weighted by Crippen LogP contribution is -2.45. The molecule has 0 aliphatic carbocycles. The number of rotatable bonds is 6. The third kappa shape index (κ3) is 5.14. The Kier molecular flexibility index (Phi) is 7.21. The first-order chi connectivity index (χ1) is 10.7. The highest BCUT2D eigenvalue weighted by Gasteiger charge is 2.28. The van der Waals surface area contributed by atoms with Crippen molar-refractivity contribution >= 4 is 32.5 Å². The van der Waals surface area contributed by atoms with E-state index in [1.54, 1.807) is 0 Å². The molecular formula is C14H24ClN3O4S2. The first kappa shape index (κ1) is 21.3. The third-order valence-electron chi connectivity index (χ3n) is 4.09. The van der Waals surface area contributed by atoms with E-state index in [4.69, 9.17) is 0 Å². The largest absolute Gasteiger partial charge is 0.316 e. The van der Waals surface area contributed by atoms with Crippen LogP contribution in [-0.4, -0.2) is 43.5 Å². The number of hydrogen-bond acceptors (Lipinski definition) is 5. The maximum absolute atomic E-state index is 12.4. The van der Waals surface area contributed by atoms with Gasteiger partial charge in [0, 0.05) is 13.1 Å². The van der Waals surface area contributed by atoms with E-state index in [1.807, 2.05) is 6.92 Å². The van der Waals surface area contributed by atoms with Crippen molar-refractivity contribution in [1.29, 1.82) is 0 Å². The highest BCUT2D eigenvalue weighted by molar-refractivity contribution is 7.90. The van der Waals surface area contributed by atoms with Crippen LogP contribution >= 0.6 is 12.4 Å². The van der Waals surface area contributed by atoms with Crippen LogP contribution in [0.5, 0.6) is 0 Å². The molecule has 0 bridgehead atoms. The van der Waals surface area contributed by atoms with Gasteiger partial charge in [-0.1, -0.05) is 6.92 Å². The summed E-state index contributed by atoms with van der Waals surface area (Å²) < 4.78 is 52.8. The predicted molar refractivity (Wildman–Crippen MR) is 95.3 cm³/mol. The fourth-order valence-corrected chi connectivity index (χ4v) is 4.47. The molecule has 138 valence electrons. The molecule has 1 aliphatic heterocycles. The summed E-state index contributed by atoms with van der Waals surface area (Å²) in [4.78, 5) is 0.0855. The predicted octanol–water partition coefficient (Wildman–Crippen LogP) is 0.684. The van der Waals surface area contributed by atoms with Crippen molar-refractivity contribution < 1.29 is 16.8 Å². The van der Waals surface area contributed by atoms with E-state index in [1.165, 1.54) is 31.3 Å². The van der Waals surface area contributed by atoms with Crippen LogP contribution in [0, 0.1) is 5.41 Å². The van der Waals surface area contributed by atoms with E-state index in [2.05, 4.69) is 14.8 Å². The molecule has 1 atom stereocenters. The Morgan fingerprint density at radius 2 is 1.62 bits per heavy atom. The molecule has 1 aromatic rings. The highest BCUT2D eigenvalue weighted by atomic mass is 35.5. The number of hydrogen-bond donors (Lipinski definition) is 3. The molecule has 0 saturated carbocycles. The van der Waals surface area contributed by atoms with Crippen LogP contribution < -0.4 is 14.8 Å². The van der Waals surface area contributed by atoms with Crippen molar-refractivity contribution in [1.82, 2.24) is 14.8 Å². The molecule has 3 N–H and O–H groups in total. The van der Waals surface area contributed by atoms with E-state index in [9.17, 15) is 16.8 Å². The van der Waals surface area contributed by atoms with Crippen LogP contribution in [0.4, 0.5) is 0 Å². The number of benzene rings is 1. The zero-order valence-corrected chi connectivity index (χ0v) is 16.2. The monoisotopic (exact) mass is 397 g/mol. The summed E-state index contributed by atoms with van der Waals surface area (Å²) in [6.45, 7) is 4.13. The first-order valence-electron chi connectivity index (χ1n) is 7.43. The van der Waals surface area contributed by atoms with Gasteiger partial charge in [0.15, 0.2) is 0 Å². The van der Waals surface area contributed by atoms with Crippen molar-refractivity contribution in [2.75, 3.05) is 26.7 Å². The summed E-state index contributed by atoms with van der Waals surface area (Å²) in [5, 5.41) is 3.27. The summed E-state index contributed by atoms with van der Waals surface area (Å²) in [6, 6.07) is 5.16. The normalized spacial score (nSPS) is 21.9. The Bertz CT molecular complexity index is 743. The Hall–Kier alpha value is -0.710. The number of halogens is 1. The molecule has 1 heterocycles. The van der Waals surface area contributed by atoms with Gasteiger partial charge in [-0.15, -0.1) is 12.4 Å². The molecule has 0 radical (unpaired) electrons. The van der Waals surface area contributed by atoms with Crippen molar-refractivity contribution in [3.05, 3.63) is 24.3 Å². The summed E-state index contributed by atoms with van der Waals surface area (Å²) in [7, 11) is -5.93. The Balaban J connectivity index is 0.00000288. The van der Waals surface area contributed by atoms with Crippen molar-refractivity contribution in [3.63, 3.8) is 0 Å². The molecule has 1 aromatic carbocycles. The summed E-state index contributed by atoms with van der Waals surface area (Å²) in [6.07, 6.45) is 1.98. The molecule has 1 saturated heterocycles. The van der Waals surface area contributed by atoms with E-state index < -0.39 is 20.0 Å². The summed E-state index contributed by atoms with van der Waals surface area (Å²) >= 11 is 0. The minimum atomic E-state index is -3.66. The topological polar surface area (TPSA) is 104 Å². The lowest BCUT2D eigenvalue weighted by molar-refractivity contribution is 0.238. The van der Waals surface area contributed by atoms with Gasteiger partial charge in [0.25, 0.3) is 0 Å². The first-order valence-corrected chi connectivity index (χ1v) is 10.4. The number of sulfonamides is 2. The van der Waals surface area contributed by atoms with Crippen molar-refractivity contribution in [2.45, 2.75) is 29.6 Å². The van der Waals surface area contributed by atoms with Gasteiger partial charge < -0.3 is 5.32 Å². The zero-order valence-electron chi connectivity index (χ0n) is 13.7. The molecule has 2 rings (SSSR count). The van der Waals surface area contributed by atoms with E-state index >= 15 is 0 Å². The van der Waals surface area contributed by atoms with Crippen molar-refractivity contribution in [2.24, 2.45) is 5.41 Å². The fourth-order valence-electron chi connectivity index (χ4n) is 2.54. The molecule has 1 fully saturated rings. The SMILES string of the molecule is CNS(=O)(=O)c1ccc(S(=O)(=O)NCC2(C)CCCNC2)cc1.Cl. The van der Waals surface area contributed by atoms with Crippen LogP contribution in [0.25, 0.3) is 0 Å². The minimum absolute atomic E-state index is 0. The average Bonchev–Trinajstić information content (AvgIpc) is 2.54. The zero-order chi connectivity index (χ0) is 17.1. The van der Waals surface area contributed by atoms with Crippen LogP contribution in [0.2, 0.25) is 0 Å². The van der Waals surface area contributed by atoms with Gasteiger partial charge in [0.1, 0.15) is 0 Å². The Labute approximate surface area is 150 Å². The van der Waals surface area contributed by atoms with Gasteiger partial charge in [0.05, 0.1) is 9.79 Å². The van der Waals surface area contributed by atoms with Crippen LogP contribution in [0.15, 0.2) is 34.1 Å². The molecule has 7 nitrogen and oxygen atoms in total. The number of nitrogens with one attached hydrogen (secondary N) is 3. The standard InChI is InChI=1S/C14H23N3O4S2.ClH/c1-14(8-3-9-16-10-14)11-17-23(20,21)13-6-4-12(5-7-13)22(18,19)15-2;/h4-7,15-17H,3,8-11H2,1-2H3;1H. The molecule has 0 amide bonds. The quantitative estimate of drug-likeness (QED) is 0.655. The fraction of sp³-hybridized carbons (Fsp3) is 0.571. The van der Waals surface area contributed by atoms with E-state index in [-0.39, 0.29) is 27.6 Å². The van der Waals surface area contributed by atoms with Crippen LogP contribution in [0.3, 0.4) is 0 Å². The second-order valence-corrected chi connectivity index (χ2v) is 9.75.